The summed E-state index contributed by atoms with van der Waals surface area (Å²) in [5.74, 6) is 0. The zero-order valence-electron chi connectivity index (χ0n) is 8.81. The predicted octanol–water partition coefficient (Wildman–Crippen LogP) is 2.36. The van der Waals surface area contributed by atoms with E-state index in [9.17, 15) is 0 Å². The Morgan fingerprint density at radius 3 is 2.75 bits per heavy atom. The number of hydrogen-bond donors (Lipinski definition) is 1. The molecular formula is C13H12N2O. The quantitative estimate of drug-likeness (QED) is 0.789. The van der Waals surface area contributed by atoms with Gasteiger partial charge in [0.05, 0.1) is 30.8 Å². The first-order chi connectivity index (χ1) is 7.83. The monoisotopic (exact) mass is 212 g/mol. The lowest BCUT2D eigenvalue weighted by atomic mass is 10.0. The first kappa shape index (κ1) is 9.36. The second-order valence-electron chi connectivity index (χ2n) is 3.95. The van der Waals surface area contributed by atoms with Gasteiger partial charge in [0.1, 0.15) is 0 Å². The van der Waals surface area contributed by atoms with E-state index in [0.717, 1.165) is 17.9 Å². The van der Waals surface area contributed by atoms with E-state index in [0.29, 0.717) is 12.3 Å². The van der Waals surface area contributed by atoms with Gasteiger partial charge in [-0.25, -0.2) is 0 Å². The first-order valence-corrected chi connectivity index (χ1v) is 5.24. The van der Waals surface area contributed by atoms with Crippen LogP contribution in [0.3, 0.4) is 0 Å². The summed E-state index contributed by atoms with van der Waals surface area (Å²) in [5, 5.41) is 0. The van der Waals surface area contributed by atoms with E-state index in [1.54, 1.807) is 6.20 Å². The molecule has 0 unspecified atom stereocenters. The Morgan fingerprint density at radius 1 is 1.06 bits per heavy atom. The van der Waals surface area contributed by atoms with Gasteiger partial charge in [0, 0.05) is 5.56 Å². The highest BCUT2D eigenvalue weighted by molar-refractivity contribution is 5.62. The van der Waals surface area contributed by atoms with Crippen LogP contribution >= 0.6 is 0 Å². The molecule has 0 bridgehead atoms. The maximum atomic E-state index is 5.61. The van der Waals surface area contributed by atoms with Crippen molar-refractivity contribution in [3.05, 3.63) is 47.7 Å². The molecule has 0 aliphatic carbocycles. The Balaban J connectivity index is 2.03. The SMILES string of the molecule is Nc1ccc(-c2ccc3c(c2)COC3)nc1. The molecule has 1 aromatic carbocycles. The van der Waals surface area contributed by atoms with Gasteiger partial charge in [-0.3, -0.25) is 4.98 Å². The van der Waals surface area contributed by atoms with E-state index in [1.807, 2.05) is 12.1 Å². The van der Waals surface area contributed by atoms with E-state index < -0.39 is 0 Å². The van der Waals surface area contributed by atoms with Gasteiger partial charge >= 0.3 is 0 Å². The molecule has 0 spiro atoms. The lowest BCUT2D eigenvalue weighted by Crippen LogP contribution is -1.89. The summed E-state index contributed by atoms with van der Waals surface area (Å²) in [6, 6.07) is 10.1. The Hall–Kier alpha value is -1.87. The molecule has 0 atom stereocenters. The lowest BCUT2D eigenvalue weighted by molar-refractivity contribution is 0.134. The maximum absolute atomic E-state index is 5.61. The average molecular weight is 212 g/mol. The number of aromatic nitrogens is 1. The highest BCUT2D eigenvalue weighted by Gasteiger charge is 2.11. The highest BCUT2D eigenvalue weighted by Crippen LogP contribution is 2.25. The van der Waals surface area contributed by atoms with Crippen LogP contribution in [0.4, 0.5) is 5.69 Å². The number of nitrogens with two attached hydrogens (primary N) is 1. The van der Waals surface area contributed by atoms with Crippen LogP contribution in [-0.4, -0.2) is 4.98 Å². The number of nitrogens with zero attached hydrogens (tertiary/aromatic N) is 1. The molecule has 1 aromatic heterocycles. The van der Waals surface area contributed by atoms with Crippen molar-refractivity contribution in [3.8, 4) is 11.3 Å². The fourth-order valence-corrected chi connectivity index (χ4v) is 1.91. The Bertz CT molecular complexity index is 520. The predicted molar refractivity (Wildman–Crippen MR) is 62.6 cm³/mol. The third-order valence-corrected chi connectivity index (χ3v) is 2.80. The number of ether oxygens (including phenoxy) is 1. The van der Waals surface area contributed by atoms with Crippen molar-refractivity contribution in [2.75, 3.05) is 5.73 Å². The second kappa shape index (κ2) is 3.61. The highest BCUT2D eigenvalue weighted by atomic mass is 16.5. The maximum Gasteiger partial charge on any atom is 0.0725 e. The number of rotatable bonds is 1. The fourth-order valence-electron chi connectivity index (χ4n) is 1.91. The number of benzene rings is 1. The van der Waals surface area contributed by atoms with Gasteiger partial charge in [0.15, 0.2) is 0 Å². The van der Waals surface area contributed by atoms with E-state index in [1.165, 1.54) is 11.1 Å². The van der Waals surface area contributed by atoms with Gasteiger partial charge in [0.25, 0.3) is 0 Å². The number of fused-ring (bicyclic) bond motifs is 1. The summed E-state index contributed by atoms with van der Waals surface area (Å²) in [5.41, 5.74) is 10.9. The topological polar surface area (TPSA) is 48.1 Å². The molecule has 16 heavy (non-hydrogen) atoms. The third-order valence-electron chi connectivity index (χ3n) is 2.80. The molecule has 3 heteroatoms. The van der Waals surface area contributed by atoms with E-state index >= 15 is 0 Å². The van der Waals surface area contributed by atoms with Crippen LogP contribution in [0.5, 0.6) is 0 Å². The molecule has 3 nitrogen and oxygen atoms in total. The van der Waals surface area contributed by atoms with Gasteiger partial charge in [-0.15, -0.1) is 0 Å². The smallest absolute Gasteiger partial charge is 0.0725 e. The number of pyridine rings is 1. The van der Waals surface area contributed by atoms with Crippen LogP contribution in [0.15, 0.2) is 36.5 Å². The Labute approximate surface area is 93.9 Å². The van der Waals surface area contributed by atoms with E-state index in [-0.39, 0.29) is 0 Å². The van der Waals surface area contributed by atoms with Crippen LogP contribution in [0.2, 0.25) is 0 Å². The minimum absolute atomic E-state index is 0.688. The van der Waals surface area contributed by atoms with Crippen LogP contribution in [-0.2, 0) is 18.0 Å². The molecule has 2 heterocycles. The van der Waals surface area contributed by atoms with Gasteiger partial charge < -0.3 is 10.5 Å². The van der Waals surface area contributed by atoms with E-state index in [4.69, 9.17) is 10.5 Å². The number of hydrogen-bond acceptors (Lipinski definition) is 3. The second-order valence-corrected chi connectivity index (χ2v) is 3.95. The first-order valence-electron chi connectivity index (χ1n) is 5.24. The van der Waals surface area contributed by atoms with Gasteiger partial charge in [0.2, 0.25) is 0 Å². The lowest BCUT2D eigenvalue weighted by Gasteiger charge is -2.03. The summed E-state index contributed by atoms with van der Waals surface area (Å²) >= 11 is 0. The van der Waals surface area contributed by atoms with Crippen LogP contribution < -0.4 is 5.73 Å². The van der Waals surface area contributed by atoms with Crippen molar-refractivity contribution in [2.45, 2.75) is 13.2 Å². The van der Waals surface area contributed by atoms with Crippen molar-refractivity contribution < 1.29 is 4.74 Å². The molecule has 1 aliphatic heterocycles. The number of nitrogen functional groups attached to an aromatic ring is 1. The summed E-state index contributed by atoms with van der Waals surface area (Å²) in [6.45, 7) is 1.43. The van der Waals surface area contributed by atoms with Crippen molar-refractivity contribution in [2.24, 2.45) is 0 Å². The van der Waals surface area contributed by atoms with Gasteiger partial charge in [-0.2, -0.15) is 0 Å². The normalized spacial score (nSPS) is 13.8. The van der Waals surface area contributed by atoms with Crippen molar-refractivity contribution in [3.63, 3.8) is 0 Å². The molecule has 0 amide bonds. The molecule has 2 N–H and O–H groups in total. The molecule has 2 aromatic rings. The van der Waals surface area contributed by atoms with Crippen molar-refractivity contribution >= 4 is 5.69 Å². The molecule has 1 aliphatic rings. The molecule has 0 saturated heterocycles. The minimum atomic E-state index is 0.688. The molecule has 0 fully saturated rings. The molecule has 0 radical (unpaired) electrons. The summed E-state index contributed by atoms with van der Waals surface area (Å²) in [7, 11) is 0. The van der Waals surface area contributed by atoms with Crippen LogP contribution in [0, 0.1) is 0 Å². The summed E-state index contributed by atoms with van der Waals surface area (Å²) < 4.78 is 5.38. The zero-order chi connectivity index (χ0) is 11.0. The Kier molecular flexibility index (Phi) is 2.11. The van der Waals surface area contributed by atoms with Crippen molar-refractivity contribution in [1.29, 1.82) is 0 Å². The zero-order valence-corrected chi connectivity index (χ0v) is 8.81. The molecular weight excluding hydrogens is 200 g/mol. The average Bonchev–Trinajstić information content (AvgIpc) is 2.77. The van der Waals surface area contributed by atoms with Gasteiger partial charge in [-0.1, -0.05) is 12.1 Å². The Morgan fingerprint density at radius 2 is 1.94 bits per heavy atom. The summed E-state index contributed by atoms with van der Waals surface area (Å²) in [4.78, 5) is 4.31. The van der Waals surface area contributed by atoms with E-state index in [2.05, 4.69) is 23.2 Å². The molecule has 80 valence electrons. The third kappa shape index (κ3) is 1.55. The molecule has 0 saturated carbocycles. The standard InChI is InChI=1S/C13H12N2O/c14-12-3-4-13(15-6-12)9-1-2-10-7-16-8-11(10)5-9/h1-6H,7-8,14H2. The number of anilines is 1. The minimum Gasteiger partial charge on any atom is -0.397 e. The van der Waals surface area contributed by atoms with Crippen molar-refractivity contribution in [1.82, 2.24) is 4.98 Å². The van der Waals surface area contributed by atoms with Gasteiger partial charge in [-0.05, 0) is 29.3 Å². The van der Waals surface area contributed by atoms with Crippen LogP contribution in [0.25, 0.3) is 11.3 Å². The molecule has 3 rings (SSSR count). The fraction of sp³-hybridized carbons (Fsp3) is 0.154. The van der Waals surface area contributed by atoms with Crippen LogP contribution in [0.1, 0.15) is 11.1 Å². The summed E-state index contributed by atoms with van der Waals surface area (Å²) in [6.07, 6.45) is 1.68. The largest absolute Gasteiger partial charge is 0.397 e.